The quantitative estimate of drug-likeness (QED) is 0.206. The van der Waals surface area contributed by atoms with Crippen LogP contribution in [0.5, 0.6) is 0 Å². The molecule has 0 radical (unpaired) electrons. The Morgan fingerprint density at radius 3 is 1.93 bits per heavy atom. The zero-order valence-electron chi connectivity index (χ0n) is 23.3. The Kier molecular flexibility index (Phi) is 5.40. The van der Waals surface area contributed by atoms with Gasteiger partial charge in [-0.15, -0.1) is 11.3 Å². The Labute approximate surface area is 253 Å². The maximum atomic E-state index is 2.47. The van der Waals surface area contributed by atoms with Crippen LogP contribution in [0.4, 0.5) is 17.1 Å². The van der Waals surface area contributed by atoms with Gasteiger partial charge in [0.1, 0.15) is 0 Å². The van der Waals surface area contributed by atoms with E-state index in [1.807, 2.05) is 11.3 Å². The zero-order chi connectivity index (χ0) is 28.3. The fourth-order valence-corrected chi connectivity index (χ4v) is 8.01. The molecule has 9 rings (SSSR count). The van der Waals surface area contributed by atoms with Gasteiger partial charge in [0.2, 0.25) is 0 Å². The van der Waals surface area contributed by atoms with Crippen molar-refractivity contribution in [2.24, 2.45) is 0 Å². The van der Waals surface area contributed by atoms with Gasteiger partial charge in [-0.25, -0.2) is 0 Å². The normalized spacial score (nSPS) is 11.7. The molecular weight excluding hydrogens is 541 g/mol. The summed E-state index contributed by atoms with van der Waals surface area (Å²) in [6, 6.07) is 57.1. The van der Waals surface area contributed by atoms with E-state index in [1.54, 1.807) is 0 Å². The molecule has 2 heterocycles. The topological polar surface area (TPSA) is 8.17 Å². The Hall–Kier alpha value is -5.38. The van der Waals surface area contributed by atoms with Crippen molar-refractivity contribution >= 4 is 81.1 Å². The number of aromatic nitrogens is 1. The van der Waals surface area contributed by atoms with E-state index in [2.05, 4.69) is 167 Å². The third-order valence-corrected chi connectivity index (χ3v) is 9.76. The van der Waals surface area contributed by atoms with Crippen LogP contribution in [-0.2, 0) is 0 Å². The first-order valence-corrected chi connectivity index (χ1v) is 15.4. The van der Waals surface area contributed by atoms with Crippen LogP contribution in [0.2, 0.25) is 0 Å². The second-order valence-corrected chi connectivity index (χ2v) is 12.0. The summed E-state index contributed by atoms with van der Waals surface area (Å²) in [4.78, 5) is 2.47. The van der Waals surface area contributed by atoms with Gasteiger partial charge in [0.25, 0.3) is 0 Å². The smallest absolute Gasteiger partial charge is 0.0562 e. The lowest BCUT2D eigenvalue weighted by Gasteiger charge is -2.27. The highest BCUT2D eigenvalue weighted by Gasteiger charge is 2.23. The molecule has 0 aliphatic rings. The van der Waals surface area contributed by atoms with E-state index in [-0.39, 0.29) is 0 Å². The van der Waals surface area contributed by atoms with Gasteiger partial charge in [0.05, 0.1) is 22.4 Å². The number of hydrogen-bond donors (Lipinski definition) is 0. The molecule has 0 saturated heterocycles. The molecule has 43 heavy (non-hydrogen) atoms. The first-order valence-electron chi connectivity index (χ1n) is 14.6. The van der Waals surface area contributed by atoms with Crippen molar-refractivity contribution in [2.45, 2.75) is 0 Å². The number of nitrogens with zero attached hydrogens (tertiary/aromatic N) is 2. The number of thiophene rings is 1. The van der Waals surface area contributed by atoms with Crippen LogP contribution in [0.3, 0.4) is 0 Å². The molecule has 0 unspecified atom stereocenters. The van der Waals surface area contributed by atoms with Crippen molar-refractivity contribution in [1.29, 1.82) is 0 Å². The van der Waals surface area contributed by atoms with Gasteiger partial charge in [-0.2, -0.15) is 0 Å². The maximum absolute atomic E-state index is 2.47. The third kappa shape index (κ3) is 3.65. The molecule has 0 amide bonds. The predicted octanol–water partition coefficient (Wildman–Crippen LogP) is 11.8. The average Bonchev–Trinajstić information content (AvgIpc) is 3.63. The molecule has 0 aliphatic heterocycles. The van der Waals surface area contributed by atoms with Crippen LogP contribution in [0.25, 0.3) is 58.4 Å². The molecule has 0 N–H and O–H groups in total. The van der Waals surface area contributed by atoms with E-state index in [4.69, 9.17) is 0 Å². The van der Waals surface area contributed by atoms with Crippen LogP contribution in [-0.4, -0.2) is 4.57 Å². The van der Waals surface area contributed by atoms with Crippen molar-refractivity contribution in [3.63, 3.8) is 0 Å². The minimum atomic E-state index is 1.14. The summed E-state index contributed by atoms with van der Waals surface area (Å²) >= 11 is 1.89. The van der Waals surface area contributed by atoms with Crippen molar-refractivity contribution in [3.8, 4) is 5.69 Å². The largest absolute Gasteiger partial charge is 0.309 e. The summed E-state index contributed by atoms with van der Waals surface area (Å²) in [6.07, 6.45) is 0. The Bertz CT molecular complexity index is 2450. The molecule has 7 aromatic carbocycles. The molecule has 2 aromatic heterocycles. The van der Waals surface area contributed by atoms with Crippen molar-refractivity contribution in [3.05, 3.63) is 158 Å². The predicted molar refractivity (Wildman–Crippen MR) is 186 cm³/mol. The van der Waals surface area contributed by atoms with Crippen molar-refractivity contribution in [1.82, 2.24) is 4.57 Å². The highest BCUT2D eigenvalue weighted by atomic mass is 32.1. The lowest BCUT2D eigenvalue weighted by atomic mass is 10.0. The second kappa shape index (κ2) is 9.59. The first kappa shape index (κ1) is 24.2. The van der Waals surface area contributed by atoms with Crippen LogP contribution in [0.15, 0.2) is 158 Å². The van der Waals surface area contributed by atoms with E-state index in [0.29, 0.717) is 0 Å². The molecule has 2 nitrogen and oxygen atoms in total. The van der Waals surface area contributed by atoms with E-state index in [0.717, 1.165) is 11.4 Å². The molecular formula is C40H26N2S. The van der Waals surface area contributed by atoms with Gasteiger partial charge in [-0.05, 0) is 65.4 Å². The second-order valence-electron chi connectivity index (χ2n) is 10.9. The third-order valence-electron chi connectivity index (χ3n) is 8.55. The van der Waals surface area contributed by atoms with Gasteiger partial charge in [0, 0.05) is 42.3 Å². The number of hydrogen-bond acceptors (Lipinski definition) is 2. The number of para-hydroxylation sites is 3. The highest BCUT2D eigenvalue weighted by molar-refractivity contribution is 7.26. The summed E-state index contributed by atoms with van der Waals surface area (Å²) < 4.78 is 5.03. The zero-order valence-corrected chi connectivity index (χ0v) is 24.1. The van der Waals surface area contributed by atoms with Gasteiger partial charge in [-0.3, -0.25) is 0 Å². The fraction of sp³-hybridized carbons (Fsp3) is 0. The molecule has 0 spiro atoms. The number of anilines is 3. The molecule has 0 aliphatic carbocycles. The minimum absolute atomic E-state index is 1.14. The monoisotopic (exact) mass is 566 g/mol. The molecule has 0 fully saturated rings. The molecule has 0 saturated carbocycles. The van der Waals surface area contributed by atoms with Crippen LogP contribution in [0, 0.1) is 0 Å². The number of rotatable bonds is 4. The van der Waals surface area contributed by atoms with E-state index in [1.165, 1.54) is 64.1 Å². The summed E-state index contributed by atoms with van der Waals surface area (Å²) in [5, 5.41) is 7.67. The van der Waals surface area contributed by atoms with Crippen LogP contribution >= 0.6 is 11.3 Å². The Balaban J connectivity index is 1.41. The van der Waals surface area contributed by atoms with Crippen LogP contribution < -0.4 is 4.90 Å². The molecule has 3 heteroatoms. The minimum Gasteiger partial charge on any atom is -0.309 e. The molecule has 0 bridgehead atoms. The van der Waals surface area contributed by atoms with E-state index >= 15 is 0 Å². The Morgan fingerprint density at radius 1 is 0.442 bits per heavy atom. The molecule has 202 valence electrons. The van der Waals surface area contributed by atoms with E-state index in [9.17, 15) is 0 Å². The van der Waals surface area contributed by atoms with Gasteiger partial charge in [0.15, 0.2) is 0 Å². The van der Waals surface area contributed by atoms with Crippen LogP contribution in [0.1, 0.15) is 0 Å². The SMILES string of the molecule is c1ccc(N(c2cccc3sc4c5ccccc5ccc4c23)c2cccc3c2c2ccccc2n3-c2ccccc2)cc1. The van der Waals surface area contributed by atoms with Gasteiger partial charge < -0.3 is 9.47 Å². The summed E-state index contributed by atoms with van der Waals surface area (Å²) in [6.45, 7) is 0. The molecule has 0 atom stereocenters. The number of fused-ring (bicyclic) bond motifs is 8. The first-order chi connectivity index (χ1) is 21.4. The fourth-order valence-electron chi connectivity index (χ4n) is 6.75. The Morgan fingerprint density at radius 2 is 1.09 bits per heavy atom. The summed E-state index contributed by atoms with van der Waals surface area (Å²) in [7, 11) is 0. The lowest BCUT2D eigenvalue weighted by Crippen LogP contribution is -2.10. The van der Waals surface area contributed by atoms with E-state index < -0.39 is 0 Å². The standard InChI is InChI=1S/C40H26N2S/c1-3-14-28(15-4-1)41-33-20-10-9-19-31(33)38-34(41)21-11-22-35(38)42(29-16-5-2-6-17-29)36-23-12-24-37-39(36)32-26-25-27-13-7-8-18-30(27)40(32)43-37/h1-26H. The summed E-state index contributed by atoms with van der Waals surface area (Å²) in [5.41, 5.74) is 7.06. The van der Waals surface area contributed by atoms with Crippen molar-refractivity contribution < 1.29 is 0 Å². The van der Waals surface area contributed by atoms with Gasteiger partial charge >= 0.3 is 0 Å². The maximum Gasteiger partial charge on any atom is 0.0562 e. The molecule has 9 aromatic rings. The van der Waals surface area contributed by atoms with Gasteiger partial charge in [-0.1, -0.05) is 103 Å². The highest BCUT2D eigenvalue weighted by Crippen LogP contribution is 2.49. The summed E-state index contributed by atoms with van der Waals surface area (Å²) in [5.74, 6) is 0. The van der Waals surface area contributed by atoms with Crippen molar-refractivity contribution in [2.75, 3.05) is 4.90 Å². The lowest BCUT2D eigenvalue weighted by molar-refractivity contribution is 1.18. The number of benzene rings is 7. The average molecular weight is 567 g/mol.